The van der Waals surface area contributed by atoms with Gasteiger partial charge in [0.2, 0.25) is 0 Å². The van der Waals surface area contributed by atoms with E-state index in [4.69, 9.17) is 0 Å². The third kappa shape index (κ3) is 5.25. The van der Waals surface area contributed by atoms with Crippen LogP contribution in [0.25, 0.3) is 0 Å². The van der Waals surface area contributed by atoms with Gasteiger partial charge in [-0.15, -0.1) is 0 Å². The maximum absolute atomic E-state index is 2.37. The molecule has 0 N–H and O–H groups in total. The minimum atomic E-state index is 0.918. The van der Waals surface area contributed by atoms with E-state index >= 15 is 0 Å². The molecule has 102 valence electrons. The van der Waals surface area contributed by atoms with E-state index < -0.39 is 0 Å². The van der Waals surface area contributed by atoms with E-state index in [0.717, 1.165) is 11.8 Å². The molecule has 0 heterocycles. The van der Waals surface area contributed by atoms with E-state index in [2.05, 4.69) is 51.1 Å². The van der Waals surface area contributed by atoms with E-state index in [0.29, 0.717) is 0 Å². The summed E-state index contributed by atoms with van der Waals surface area (Å²) in [6.07, 6.45) is 9.49. The summed E-state index contributed by atoms with van der Waals surface area (Å²) in [7, 11) is 0. The normalized spacial score (nSPS) is 14.4. The van der Waals surface area contributed by atoms with Gasteiger partial charge in [0.15, 0.2) is 0 Å². The highest BCUT2D eigenvalue weighted by Gasteiger charge is 2.17. The maximum Gasteiger partial charge on any atom is -0.0276 e. The Labute approximate surface area is 114 Å². The van der Waals surface area contributed by atoms with Crippen molar-refractivity contribution in [2.75, 3.05) is 0 Å². The predicted octanol–water partition coefficient (Wildman–Crippen LogP) is 5.86. The summed E-state index contributed by atoms with van der Waals surface area (Å²) in [5.41, 5.74) is 1.50. The van der Waals surface area contributed by atoms with Gasteiger partial charge in [0.25, 0.3) is 0 Å². The smallest absolute Gasteiger partial charge is 0.0276 e. The van der Waals surface area contributed by atoms with Crippen LogP contribution in [0.3, 0.4) is 0 Å². The predicted molar refractivity (Wildman–Crippen MR) is 81.9 cm³/mol. The molecule has 0 spiro atoms. The molecular weight excluding hydrogens is 216 g/mol. The van der Waals surface area contributed by atoms with Gasteiger partial charge in [-0.3, -0.25) is 0 Å². The summed E-state index contributed by atoms with van der Waals surface area (Å²) in [6.45, 7) is 7.04. The Morgan fingerprint density at radius 1 is 0.833 bits per heavy atom. The van der Waals surface area contributed by atoms with Gasteiger partial charge in [-0.2, -0.15) is 0 Å². The molecule has 0 amide bonds. The summed E-state index contributed by atoms with van der Waals surface area (Å²) in [5, 5.41) is 0. The van der Waals surface area contributed by atoms with Crippen molar-refractivity contribution >= 4 is 0 Å². The summed E-state index contributed by atoms with van der Waals surface area (Å²) in [6, 6.07) is 11.0. The minimum absolute atomic E-state index is 0.918. The highest BCUT2D eigenvalue weighted by atomic mass is 14.2. The molecule has 0 aliphatic carbocycles. The fourth-order valence-corrected chi connectivity index (χ4v) is 3.01. The lowest BCUT2D eigenvalue weighted by Gasteiger charge is -2.25. The second-order valence-corrected chi connectivity index (χ2v) is 5.50. The van der Waals surface area contributed by atoms with Crippen molar-refractivity contribution in [1.82, 2.24) is 0 Å². The lowest BCUT2D eigenvalue weighted by atomic mass is 9.81. The summed E-state index contributed by atoms with van der Waals surface area (Å²) >= 11 is 0. The third-order valence-corrected chi connectivity index (χ3v) is 4.29. The van der Waals surface area contributed by atoms with Gasteiger partial charge < -0.3 is 0 Å². The number of hydrogen-bond acceptors (Lipinski definition) is 0. The maximum atomic E-state index is 2.37. The van der Waals surface area contributed by atoms with Crippen molar-refractivity contribution in [2.24, 2.45) is 11.8 Å². The molecule has 0 heteroatoms. The monoisotopic (exact) mass is 246 g/mol. The molecule has 1 aromatic carbocycles. The Bertz CT molecular complexity index is 288. The van der Waals surface area contributed by atoms with Crippen LogP contribution in [0.5, 0.6) is 0 Å². The largest absolute Gasteiger partial charge is 0.0654 e. The second kappa shape index (κ2) is 9.19. The lowest BCUT2D eigenvalue weighted by molar-refractivity contribution is 0.272. The van der Waals surface area contributed by atoms with Crippen LogP contribution in [0.2, 0.25) is 0 Å². The molecule has 1 aromatic rings. The lowest BCUT2D eigenvalue weighted by Crippen LogP contribution is -2.14. The molecule has 0 radical (unpaired) electrons. The number of rotatable bonds is 9. The molecule has 0 saturated heterocycles. The average Bonchev–Trinajstić information content (AvgIpc) is 2.43. The van der Waals surface area contributed by atoms with Crippen molar-refractivity contribution < 1.29 is 0 Å². The van der Waals surface area contributed by atoms with Crippen molar-refractivity contribution in [2.45, 2.75) is 65.7 Å². The van der Waals surface area contributed by atoms with E-state index in [1.54, 1.807) is 0 Å². The summed E-state index contributed by atoms with van der Waals surface area (Å²) in [4.78, 5) is 0. The second-order valence-electron chi connectivity index (χ2n) is 5.50. The van der Waals surface area contributed by atoms with Gasteiger partial charge in [0.1, 0.15) is 0 Å². The first-order chi connectivity index (χ1) is 8.81. The first kappa shape index (κ1) is 15.3. The van der Waals surface area contributed by atoms with Crippen LogP contribution in [-0.4, -0.2) is 0 Å². The Kier molecular flexibility index (Phi) is 7.80. The van der Waals surface area contributed by atoms with Crippen LogP contribution < -0.4 is 0 Å². The molecule has 0 aliphatic rings. The van der Waals surface area contributed by atoms with Crippen LogP contribution in [-0.2, 0) is 6.42 Å². The van der Waals surface area contributed by atoms with Crippen LogP contribution >= 0.6 is 0 Å². The van der Waals surface area contributed by atoms with Gasteiger partial charge in [-0.25, -0.2) is 0 Å². The molecule has 0 saturated carbocycles. The number of aryl methyl sites for hydroxylation is 1. The van der Waals surface area contributed by atoms with Gasteiger partial charge in [-0.05, 0) is 30.2 Å². The molecule has 0 aromatic heterocycles. The topological polar surface area (TPSA) is 0 Å². The SMILES string of the molecule is CCCCC(CC)C(CC)CCc1ccccc1. The fourth-order valence-electron chi connectivity index (χ4n) is 3.01. The van der Waals surface area contributed by atoms with Crippen molar-refractivity contribution in [3.05, 3.63) is 35.9 Å². The van der Waals surface area contributed by atoms with Crippen molar-refractivity contribution in [3.8, 4) is 0 Å². The van der Waals surface area contributed by atoms with E-state index in [1.807, 2.05) is 0 Å². The Balaban J connectivity index is 2.44. The molecule has 0 bridgehead atoms. The molecule has 0 aliphatic heterocycles. The highest BCUT2D eigenvalue weighted by molar-refractivity contribution is 5.14. The van der Waals surface area contributed by atoms with Crippen LogP contribution in [0.15, 0.2) is 30.3 Å². The Morgan fingerprint density at radius 3 is 2.00 bits per heavy atom. The van der Waals surface area contributed by atoms with Crippen LogP contribution in [0.1, 0.15) is 64.9 Å². The molecule has 1 rings (SSSR count). The molecule has 0 nitrogen and oxygen atoms in total. The number of unbranched alkanes of at least 4 members (excludes halogenated alkanes) is 1. The van der Waals surface area contributed by atoms with Gasteiger partial charge in [-0.1, -0.05) is 83.2 Å². The van der Waals surface area contributed by atoms with Gasteiger partial charge in [0.05, 0.1) is 0 Å². The Morgan fingerprint density at radius 2 is 1.44 bits per heavy atom. The number of hydrogen-bond donors (Lipinski definition) is 0. The summed E-state index contributed by atoms with van der Waals surface area (Å²) < 4.78 is 0. The van der Waals surface area contributed by atoms with Crippen LogP contribution in [0.4, 0.5) is 0 Å². The highest BCUT2D eigenvalue weighted by Crippen LogP contribution is 2.28. The van der Waals surface area contributed by atoms with E-state index in [9.17, 15) is 0 Å². The Hall–Kier alpha value is -0.780. The minimum Gasteiger partial charge on any atom is -0.0654 e. The van der Waals surface area contributed by atoms with Crippen LogP contribution in [0, 0.1) is 11.8 Å². The first-order valence-corrected chi connectivity index (χ1v) is 7.85. The third-order valence-electron chi connectivity index (χ3n) is 4.29. The molecular formula is C18H30. The van der Waals surface area contributed by atoms with E-state index in [-0.39, 0.29) is 0 Å². The van der Waals surface area contributed by atoms with Crippen molar-refractivity contribution in [3.63, 3.8) is 0 Å². The zero-order valence-corrected chi connectivity index (χ0v) is 12.5. The van der Waals surface area contributed by atoms with Crippen molar-refractivity contribution in [1.29, 1.82) is 0 Å². The molecule has 2 unspecified atom stereocenters. The molecule has 18 heavy (non-hydrogen) atoms. The summed E-state index contributed by atoms with van der Waals surface area (Å²) in [5.74, 6) is 1.86. The molecule has 0 fully saturated rings. The zero-order chi connectivity index (χ0) is 13.2. The molecule has 2 atom stereocenters. The average molecular weight is 246 g/mol. The van der Waals surface area contributed by atoms with Gasteiger partial charge in [0, 0.05) is 0 Å². The zero-order valence-electron chi connectivity index (χ0n) is 12.5. The standard InChI is InChI=1S/C18H30/c1-4-7-13-17(5-2)18(6-3)15-14-16-11-9-8-10-12-16/h8-12,17-18H,4-7,13-15H2,1-3H3. The van der Waals surface area contributed by atoms with Gasteiger partial charge >= 0.3 is 0 Å². The fraction of sp³-hybridized carbons (Fsp3) is 0.667. The van der Waals surface area contributed by atoms with E-state index in [1.165, 1.54) is 50.5 Å². The first-order valence-electron chi connectivity index (χ1n) is 7.85. The quantitative estimate of drug-likeness (QED) is 0.512. The number of benzene rings is 1.